The molecule has 0 spiro atoms. The number of nitrogens with zero attached hydrogens (tertiary/aromatic N) is 3. The van der Waals surface area contributed by atoms with Gasteiger partial charge in [-0.1, -0.05) is 36.4 Å². The number of carbonyl (C=O) groups is 1. The Bertz CT molecular complexity index is 1060. The Balaban J connectivity index is 1.56. The molecule has 1 amide bonds. The predicted molar refractivity (Wildman–Crippen MR) is 110 cm³/mol. The number of nitrogens with one attached hydrogen (secondary N) is 1. The van der Waals surface area contributed by atoms with Crippen molar-refractivity contribution in [2.45, 2.75) is 13.0 Å². The Morgan fingerprint density at radius 1 is 1.17 bits per heavy atom. The zero-order valence-electron chi connectivity index (χ0n) is 16.4. The summed E-state index contributed by atoms with van der Waals surface area (Å²) in [6.07, 6.45) is 3.05. The van der Waals surface area contributed by atoms with E-state index in [1.54, 1.807) is 12.3 Å². The van der Waals surface area contributed by atoms with Crippen LogP contribution in [0.1, 0.15) is 27.5 Å². The maximum atomic E-state index is 12.8. The second kappa shape index (κ2) is 8.55. The molecule has 3 heterocycles. The third-order valence-electron chi connectivity index (χ3n) is 5.22. The summed E-state index contributed by atoms with van der Waals surface area (Å²) in [6, 6.07) is 13.7. The summed E-state index contributed by atoms with van der Waals surface area (Å²) in [5.41, 5.74) is 2.25. The quantitative estimate of drug-likeness (QED) is 0.717. The molecule has 1 fully saturated rings. The van der Waals surface area contributed by atoms with Crippen LogP contribution < -0.4 is 10.9 Å². The van der Waals surface area contributed by atoms with Crippen LogP contribution in [-0.4, -0.2) is 53.0 Å². The van der Waals surface area contributed by atoms with Crippen molar-refractivity contribution in [3.05, 3.63) is 81.9 Å². The number of hydrogen-bond donors (Lipinski definition) is 1. The number of ether oxygens (including phenoxy) is 1. The first kappa shape index (κ1) is 19.3. The zero-order chi connectivity index (χ0) is 20.2. The molecule has 0 aliphatic carbocycles. The number of hydrogen-bond acceptors (Lipinski definition) is 5. The molecule has 7 nitrogen and oxygen atoms in total. The van der Waals surface area contributed by atoms with Crippen molar-refractivity contribution in [3.63, 3.8) is 0 Å². The summed E-state index contributed by atoms with van der Waals surface area (Å²) in [5, 5.41) is 2.94. The molecule has 1 aliphatic rings. The standard InChI is InChI=1S/C22H24N4O3/c1-16-7-8-20-23-13-18(22(28)26(20)15-16)21(27)24-14-19(17-5-3-2-4-6-17)25-9-11-29-12-10-25/h2-8,13,15,19H,9-12,14H2,1H3,(H,24,27). The van der Waals surface area contributed by atoms with E-state index in [9.17, 15) is 9.59 Å². The number of amides is 1. The molecule has 2 aromatic heterocycles. The number of carbonyl (C=O) groups excluding carboxylic acids is 1. The second-order valence-corrected chi connectivity index (χ2v) is 7.20. The molecule has 29 heavy (non-hydrogen) atoms. The van der Waals surface area contributed by atoms with Crippen LogP contribution in [0.25, 0.3) is 5.65 Å². The molecule has 1 saturated heterocycles. The van der Waals surface area contributed by atoms with Gasteiger partial charge in [-0.15, -0.1) is 0 Å². The number of pyridine rings is 1. The minimum Gasteiger partial charge on any atom is -0.379 e. The maximum absolute atomic E-state index is 12.8. The van der Waals surface area contributed by atoms with Crippen LogP contribution in [0, 0.1) is 6.92 Å². The van der Waals surface area contributed by atoms with Gasteiger partial charge in [-0.25, -0.2) is 4.98 Å². The van der Waals surface area contributed by atoms with Crippen molar-refractivity contribution in [1.29, 1.82) is 0 Å². The fourth-order valence-corrected chi connectivity index (χ4v) is 3.65. The van der Waals surface area contributed by atoms with Crippen LogP contribution in [0.15, 0.2) is 59.7 Å². The molecule has 0 saturated carbocycles. The van der Waals surface area contributed by atoms with E-state index in [1.165, 1.54) is 10.6 Å². The Morgan fingerprint density at radius 2 is 1.93 bits per heavy atom. The summed E-state index contributed by atoms with van der Waals surface area (Å²) >= 11 is 0. The highest BCUT2D eigenvalue weighted by molar-refractivity contribution is 5.93. The molecule has 4 rings (SSSR count). The lowest BCUT2D eigenvalue weighted by molar-refractivity contribution is 0.0162. The van der Waals surface area contributed by atoms with Crippen LogP contribution in [0.2, 0.25) is 0 Å². The van der Waals surface area contributed by atoms with Crippen molar-refractivity contribution in [2.75, 3.05) is 32.8 Å². The molecule has 7 heteroatoms. The first-order chi connectivity index (χ1) is 14.1. The Labute approximate surface area is 168 Å². The zero-order valence-corrected chi connectivity index (χ0v) is 16.4. The Morgan fingerprint density at radius 3 is 2.69 bits per heavy atom. The number of morpholine rings is 1. The fraction of sp³-hybridized carbons (Fsp3) is 0.318. The molecular formula is C22H24N4O3. The molecule has 150 valence electrons. The lowest BCUT2D eigenvalue weighted by Gasteiger charge is -2.34. The van der Waals surface area contributed by atoms with E-state index < -0.39 is 5.91 Å². The normalized spacial score (nSPS) is 15.9. The summed E-state index contributed by atoms with van der Waals surface area (Å²) in [6.45, 7) is 5.24. The molecule has 1 N–H and O–H groups in total. The molecule has 1 aliphatic heterocycles. The van der Waals surface area contributed by atoms with Gasteiger partial charge in [-0.3, -0.25) is 18.9 Å². The van der Waals surface area contributed by atoms with E-state index in [0.717, 1.165) is 24.2 Å². The first-order valence-corrected chi connectivity index (χ1v) is 9.76. The van der Waals surface area contributed by atoms with Gasteiger partial charge < -0.3 is 10.1 Å². The third kappa shape index (κ3) is 4.21. The average Bonchev–Trinajstić information content (AvgIpc) is 2.76. The van der Waals surface area contributed by atoms with Crippen molar-refractivity contribution in [3.8, 4) is 0 Å². The van der Waals surface area contributed by atoms with Gasteiger partial charge in [0, 0.05) is 32.0 Å². The van der Waals surface area contributed by atoms with Gasteiger partial charge in [0.25, 0.3) is 11.5 Å². The number of fused-ring (bicyclic) bond motifs is 1. The van der Waals surface area contributed by atoms with Gasteiger partial charge in [-0.2, -0.15) is 0 Å². The van der Waals surface area contributed by atoms with Crippen LogP contribution in [0.3, 0.4) is 0 Å². The van der Waals surface area contributed by atoms with Gasteiger partial charge in [0.2, 0.25) is 0 Å². The van der Waals surface area contributed by atoms with E-state index in [4.69, 9.17) is 4.74 Å². The van der Waals surface area contributed by atoms with E-state index in [-0.39, 0.29) is 17.2 Å². The average molecular weight is 392 g/mol. The number of aryl methyl sites for hydroxylation is 1. The smallest absolute Gasteiger partial charge is 0.270 e. The molecule has 3 aromatic rings. The molecule has 1 unspecified atom stereocenters. The van der Waals surface area contributed by atoms with Crippen molar-refractivity contribution in [2.24, 2.45) is 0 Å². The minimum atomic E-state index is -0.410. The number of aromatic nitrogens is 2. The maximum Gasteiger partial charge on any atom is 0.270 e. The predicted octanol–water partition coefficient (Wildman–Crippen LogP) is 1.81. The van der Waals surface area contributed by atoms with Gasteiger partial charge in [0.05, 0.1) is 19.3 Å². The van der Waals surface area contributed by atoms with E-state index in [0.29, 0.717) is 25.4 Å². The first-order valence-electron chi connectivity index (χ1n) is 9.76. The van der Waals surface area contributed by atoms with Crippen LogP contribution in [0.5, 0.6) is 0 Å². The lowest BCUT2D eigenvalue weighted by atomic mass is 10.0. The highest BCUT2D eigenvalue weighted by atomic mass is 16.5. The van der Waals surface area contributed by atoms with E-state index in [2.05, 4.69) is 27.3 Å². The van der Waals surface area contributed by atoms with Crippen LogP contribution in [-0.2, 0) is 4.74 Å². The summed E-state index contributed by atoms with van der Waals surface area (Å²) < 4.78 is 6.88. The van der Waals surface area contributed by atoms with Gasteiger partial charge in [0.15, 0.2) is 0 Å². The summed E-state index contributed by atoms with van der Waals surface area (Å²) in [5.74, 6) is -0.410. The van der Waals surface area contributed by atoms with Crippen LogP contribution in [0.4, 0.5) is 0 Å². The van der Waals surface area contributed by atoms with Crippen molar-refractivity contribution >= 4 is 11.6 Å². The summed E-state index contributed by atoms with van der Waals surface area (Å²) in [7, 11) is 0. The summed E-state index contributed by atoms with van der Waals surface area (Å²) in [4.78, 5) is 32.1. The van der Waals surface area contributed by atoms with E-state index >= 15 is 0 Å². The van der Waals surface area contributed by atoms with Crippen molar-refractivity contribution < 1.29 is 9.53 Å². The Hall–Kier alpha value is -3.03. The molecule has 0 bridgehead atoms. The lowest BCUT2D eigenvalue weighted by Crippen LogP contribution is -2.44. The van der Waals surface area contributed by atoms with Crippen LogP contribution >= 0.6 is 0 Å². The Kier molecular flexibility index (Phi) is 5.69. The number of benzene rings is 1. The molecule has 1 aromatic carbocycles. The van der Waals surface area contributed by atoms with Gasteiger partial charge >= 0.3 is 0 Å². The molecule has 1 atom stereocenters. The van der Waals surface area contributed by atoms with E-state index in [1.807, 2.05) is 31.2 Å². The van der Waals surface area contributed by atoms with Gasteiger partial charge in [0.1, 0.15) is 11.2 Å². The third-order valence-corrected chi connectivity index (χ3v) is 5.22. The van der Waals surface area contributed by atoms with Crippen molar-refractivity contribution in [1.82, 2.24) is 19.6 Å². The topological polar surface area (TPSA) is 75.9 Å². The second-order valence-electron chi connectivity index (χ2n) is 7.20. The highest BCUT2D eigenvalue weighted by Crippen LogP contribution is 2.21. The highest BCUT2D eigenvalue weighted by Gasteiger charge is 2.24. The van der Waals surface area contributed by atoms with Gasteiger partial charge in [-0.05, 0) is 24.1 Å². The monoisotopic (exact) mass is 392 g/mol. The molecule has 0 radical (unpaired) electrons. The number of rotatable bonds is 5. The SMILES string of the molecule is Cc1ccc2ncc(C(=O)NCC(c3ccccc3)N3CCOCC3)c(=O)n2c1. The largest absolute Gasteiger partial charge is 0.379 e. The minimum absolute atomic E-state index is 0.0162. The fourth-order valence-electron chi connectivity index (χ4n) is 3.65. The molecular weight excluding hydrogens is 368 g/mol.